The minimum absolute atomic E-state index is 0.0345. The van der Waals surface area contributed by atoms with E-state index in [0.717, 1.165) is 9.13 Å². The molecule has 4 heteroatoms. The molecule has 2 aromatic rings. The summed E-state index contributed by atoms with van der Waals surface area (Å²) in [5.41, 5.74) is 1.50. The molecule has 2 rings (SSSR count). The van der Waals surface area contributed by atoms with Crippen LogP contribution in [0.25, 0.3) is 0 Å². The zero-order valence-corrected chi connectivity index (χ0v) is 13.0. The lowest BCUT2D eigenvalue weighted by atomic mass is 10.0. The molecule has 1 nitrogen and oxygen atoms in total. The van der Waals surface area contributed by atoms with E-state index in [4.69, 9.17) is 0 Å². The normalized spacial score (nSPS) is 10.4. The van der Waals surface area contributed by atoms with Crippen LogP contribution in [0.3, 0.4) is 0 Å². The molecule has 0 fully saturated rings. The molecule has 0 heterocycles. The molecule has 0 aromatic heterocycles. The highest BCUT2D eigenvalue weighted by atomic mass is 127. The van der Waals surface area contributed by atoms with Crippen LogP contribution in [0, 0.1) is 9.39 Å². The van der Waals surface area contributed by atoms with Crippen molar-refractivity contribution in [1.29, 1.82) is 0 Å². The average Bonchev–Trinajstić information content (AvgIpc) is 2.33. The van der Waals surface area contributed by atoms with E-state index in [0.29, 0.717) is 10.0 Å². The number of hydrogen-bond acceptors (Lipinski definition) is 1. The molecular formula is C14H9BrFIO. The van der Waals surface area contributed by atoms with Crippen molar-refractivity contribution in [2.24, 2.45) is 0 Å². The largest absolute Gasteiger partial charge is 0.294 e. The highest BCUT2D eigenvalue weighted by Crippen LogP contribution is 2.21. The van der Waals surface area contributed by atoms with Gasteiger partial charge in [0.1, 0.15) is 5.82 Å². The second kappa shape index (κ2) is 5.93. The summed E-state index contributed by atoms with van der Waals surface area (Å²) < 4.78 is 14.5. The Bertz CT molecular complexity index is 598. The van der Waals surface area contributed by atoms with Crippen LogP contribution < -0.4 is 0 Å². The second-order valence-electron chi connectivity index (χ2n) is 3.82. The molecule has 0 aliphatic carbocycles. The van der Waals surface area contributed by atoms with E-state index >= 15 is 0 Å². The van der Waals surface area contributed by atoms with Crippen LogP contribution >= 0.6 is 38.5 Å². The molecule has 0 radical (unpaired) electrons. The lowest BCUT2D eigenvalue weighted by molar-refractivity contribution is 0.0992. The first kappa shape index (κ1) is 13.7. The predicted molar refractivity (Wildman–Crippen MR) is 81.3 cm³/mol. The highest BCUT2D eigenvalue weighted by molar-refractivity contribution is 14.1. The van der Waals surface area contributed by atoms with Crippen LogP contribution in [0.4, 0.5) is 4.39 Å². The van der Waals surface area contributed by atoms with Crippen molar-refractivity contribution < 1.29 is 9.18 Å². The molecular weight excluding hydrogens is 410 g/mol. The van der Waals surface area contributed by atoms with Gasteiger partial charge < -0.3 is 0 Å². The Morgan fingerprint density at radius 1 is 1.22 bits per heavy atom. The smallest absolute Gasteiger partial charge is 0.168 e. The number of carbonyl (C=O) groups is 1. The van der Waals surface area contributed by atoms with Gasteiger partial charge in [-0.3, -0.25) is 4.79 Å². The molecule has 0 saturated carbocycles. The minimum atomic E-state index is -0.313. The third-order valence-corrected chi connectivity index (χ3v) is 4.22. The quantitative estimate of drug-likeness (QED) is 0.525. The van der Waals surface area contributed by atoms with Crippen molar-refractivity contribution >= 4 is 44.3 Å². The number of carbonyl (C=O) groups excluding carboxylic acids is 1. The lowest BCUT2D eigenvalue weighted by Crippen LogP contribution is -2.06. The van der Waals surface area contributed by atoms with Gasteiger partial charge in [-0.1, -0.05) is 40.2 Å². The van der Waals surface area contributed by atoms with Crippen molar-refractivity contribution in [3.8, 4) is 0 Å². The molecule has 0 aliphatic heterocycles. The summed E-state index contributed by atoms with van der Waals surface area (Å²) in [6.07, 6.45) is 0.265. The van der Waals surface area contributed by atoms with Crippen molar-refractivity contribution in [1.82, 2.24) is 0 Å². The highest BCUT2D eigenvalue weighted by Gasteiger charge is 2.12. The number of ketones is 1. The topological polar surface area (TPSA) is 17.1 Å². The monoisotopic (exact) mass is 418 g/mol. The zero-order chi connectivity index (χ0) is 13.1. The number of hydrogen-bond donors (Lipinski definition) is 0. The predicted octanol–water partition coefficient (Wildman–Crippen LogP) is 4.62. The molecule has 92 valence electrons. The molecule has 0 spiro atoms. The Labute approximate surface area is 127 Å². The van der Waals surface area contributed by atoms with E-state index in [1.807, 2.05) is 24.3 Å². The molecule has 0 saturated heterocycles. The Morgan fingerprint density at radius 2 is 1.94 bits per heavy atom. The van der Waals surface area contributed by atoms with Crippen LogP contribution in [0.2, 0.25) is 0 Å². The Hall–Kier alpha value is -0.750. The first-order valence-electron chi connectivity index (χ1n) is 5.29. The SMILES string of the molecule is O=C(Cc1ccc(F)cc1Br)c1ccccc1I. The van der Waals surface area contributed by atoms with Gasteiger partial charge in [-0.05, 0) is 46.4 Å². The first-order chi connectivity index (χ1) is 8.58. The van der Waals surface area contributed by atoms with E-state index in [2.05, 4.69) is 38.5 Å². The van der Waals surface area contributed by atoms with Crippen LogP contribution in [0.1, 0.15) is 15.9 Å². The maximum Gasteiger partial charge on any atom is 0.168 e. The van der Waals surface area contributed by atoms with Gasteiger partial charge in [-0.2, -0.15) is 0 Å². The Kier molecular flexibility index (Phi) is 4.50. The van der Waals surface area contributed by atoms with E-state index in [1.165, 1.54) is 12.1 Å². The zero-order valence-electron chi connectivity index (χ0n) is 9.29. The van der Waals surface area contributed by atoms with Gasteiger partial charge in [-0.25, -0.2) is 4.39 Å². The molecule has 2 aromatic carbocycles. The first-order valence-corrected chi connectivity index (χ1v) is 7.17. The summed E-state index contributed by atoms with van der Waals surface area (Å²) in [4.78, 5) is 12.2. The van der Waals surface area contributed by atoms with Crippen LogP contribution in [0.5, 0.6) is 0 Å². The Morgan fingerprint density at radius 3 is 2.61 bits per heavy atom. The standard InChI is InChI=1S/C14H9BrFIO/c15-12-8-10(16)6-5-9(12)7-14(18)11-3-1-2-4-13(11)17/h1-6,8H,7H2. The fourth-order valence-corrected chi connectivity index (χ4v) is 2.80. The third kappa shape index (κ3) is 3.17. The minimum Gasteiger partial charge on any atom is -0.294 e. The molecule has 0 amide bonds. The summed E-state index contributed by atoms with van der Waals surface area (Å²) in [6.45, 7) is 0. The van der Waals surface area contributed by atoms with Gasteiger partial charge in [0.2, 0.25) is 0 Å². The van der Waals surface area contributed by atoms with Gasteiger partial charge in [0, 0.05) is 20.0 Å². The molecule has 0 bridgehead atoms. The maximum absolute atomic E-state index is 13.0. The summed E-state index contributed by atoms with van der Waals surface area (Å²) in [7, 11) is 0. The van der Waals surface area contributed by atoms with Crippen LogP contribution in [-0.2, 0) is 6.42 Å². The fourth-order valence-electron chi connectivity index (χ4n) is 1.62. The summed E-state index contributed by atoms with van der Waals surface area (Å²) in [6, 6.07) is 11.8. The van der Waals surface area contributed by atoms with Crippen molar-refractivity contribution in [3.63, 3.8) is 0 Å². The van der Waals surface area contributed by atoms with Crippen LogP contribution in [-0.4, -0.2) is 5.78 Å². The van der Waals surface area contributed by atoms with E-state index in [1.54, 1.807) is 6.07 Å². The number of rotatable bonds is 3. The summed E-state index contributed by atoms with van der Waals surface area (Å²) in [5.74, 6) is -0.278. The van der Waals surface area contributed by atoms with Crippen molar-refractivity contribution in [3.05, 3.63) is 67.5 Å². The maximum atomic E-state index is 13.0. The Balaban J connectivity index is 2.24. The van der Waals surface area contributed by atoms with E-state index in [-0.39, 0.29) is 18.0 Å². The number of halogens is 3. The average molecular weight is 419 g/mol. The molecule has 0 atom stereocenters. The molecule has 0 N–H and O–H groups in total. The van der Waals surface area contributed by atoms with E-state index in [9.17, 15) is 9.18 Å². The molecule has 0 unspecified atom stereocenters. The second-order valence-corrected chi connectivity index (χ2v) is 5.83. The summed E-state index contributed by atoms with van der Waals surface area (Å²) >= 11 is 5.41. The van der Waals surface area contributed by atoms with Gasteiger partial charge in [0.05, 0.1) is 0 Å². The van der Waals surface area contributed by atoms with Gasteiger partial charge in [-0.15, -0.1) is 0 Å². The van der Waals surface area contributed by atoms with Gasteiger partial charge in [0.15, 0.2) is 5.78 Å². The van der Waals surface area contributed by atoms with Gasteiger partial charge in [0.25, 0.3) is 0 Å². The number of benzene rings is 2. The summed E-state index contributed by atoms with van der Waals surface area (Å²) in [5, 5.41) is 0. The lowest BCUT2D eigenvalue weighted by Gasteiger charge is -2.06. The number of Topliss-reactive ketones (excluding diaryl/α,β-unsaturated/α-hetero) is 1. The van der Waals surface area contributed by atoms with Crippen LogP contribution in [0.15, 0.2) is 46.9 Å². The van der Waals surface area contributed by atoms with Crippen molar-refractivity contribution in [2.45, 2.75) is 6.42 Å². The third-order valence-electron chi connectivity index (χ3n) is 2.54. The fraction of sp³-hybridized carbons (Fsp3) is 0.0714. The molecule has 18 heavy (non-hydrogen) atoms. The van der Waals surface area contributed by atoms with Gasteiger partial charge >= 0.3 is 0 Å². The molecule has 0 aliphatic rings. The van der Waals surface area contributed by atoms with E-state index < -0.39 is 0 Å². The van der Waals surface area contributed by atoms with Crippen molar-refractivity contribution in [2.75, 3.05) is 0 Å².